The summed E-state index contributed by atoms with van der Waals surface area (Å²) in [4.78, 5) is 14.1. The van der Waals surface area contributed by atoms with Crippen molar-refractivity contribution in [2.75, 3.05) is 13.1 Å². The van der Waals surface area contributed by atoms with Gasteiger partial charge in [0.2, 0.25) is 5.91 Å². The van der Waals surface area contributed by atoms with Crippen LogP contribution in [0.4, 0.5) is 0 Å². The van der Waals surface area contributed by atoms with Gasteiger partial charge in [-0.05, 0) is 44.4 Å². The maximum absolute atomic E-state index is 12.1. The van der Waals surface area contributed by atoms with Gasteiger partial charge in [-0.15, -0.1) is 0 Å². The Kier molecular flexibility index (Phi) is 4.99. The third-order valence-corrected chi connectivity index (χ3v) is 4.11. The van der Waals surface area contributed by atoms with Crippen LogP contribution in [-0.2, 0) is 4.79 Å². The molecule has 1 fully saturated rings. The molecule has 2 rings (SSSR count). The number of likely N-dealkylation sites (N-methyl/N-ethyl adjacent to an activating group) is 1. The van der Waals surface area contributed by atoms with E-state index in [0.29, 0.717) is 12.6 Å². The Bertz CT molecular complexity index is 428. The summed E-state index contributed by atoms with van der Waals surface area (Å²) in [6.45, 7) is 5.37. The lowest BCUT2D eigenvalue weighted by atomic mass is 10.1. The third kappa shape index (κ3) is 4.05. The zero-order chi connectivity index (χ0) is 13.8. The molecule has 0 radical (unpaired) electrons. The molecule has 1 aromatic carbocycles. The molecular formula is C15H21BrN2O. The molecule has 0 heterocycles. The summed E-state index contributed by atoms with van der Waals surface area (Å²) in [6.07, 6.45) is 2.34. The molecule has 0 spiro atoms. The van der Waals surface area contributed by atoms with Gasteiger partial charge in [0.25, 0.3) is 0 Å². The van der Waals surface area contributed by atoms with Crippen molar-refractivity contribution in [1.29, 1.82) is 0 Å². The highest BCUT2D eigenvalue weighted by Gasteiger charge is 2.31. The first-order chi connectivity index (χ1) is 9.11. The van der Waals surface area contributed by atoms with Crippen LogP contribution in [0, 0.1) is 0 Å². The molecule has 1 aromatic rings. The second-order valence-corrected chi connectivity index (χ2v) is 5.98. The van der Waals surface area contributed by atoms with E-state index in [9.17, 15) is 4.79 Å². The largest absolute Gasteiger partial charge is 0.339 e. The molecule has 0 bridgehead atoms. The van der Waals surface area contributed by atoms with Gasteiger partial charge in [-0.1, -0.05) is 28.1 Å². The normalized spacial score (nSPS) is 16.2. The van der Waals surface area contributed by atoms with Gasteiger partial charge in [0, 0.05) is 23.1 Å². The molecule has 1 atom stereocenters. The van der Waals surface area contributed by atoms with Crippen molar-refractivity contribution in [1.82, 2.24) is 10.2 Å². The van der Waals surface area contributed by atoms with Crippen LogP contribution in [0.5, 0.6) is 0 Å². The summed E-state index contributed by atoms with van der Waals surface area (Å²) in [6, 6.07) is 8.89. The highest BCUT2D eigenvalue weighted by Crippen LogP contribution is 2.26. The molecular weight excluding hydrogens is 304 g/mol. The number of carbonyl (C=O) groups excluding carboxylic acids is 1. The summed E-state index contributed by atoms with van der Waals surface area (Å²) >= 11 is 3.43. The van der Waals surface area contributed by atoms with E-state index in [0.717, 1.165) is 11.0 Å². The number of carbonyl (C=O) groups is 1. The van der Waals surface area contributed by atoms with Gasteiger partial charge in [0.1, 0.15) is 0 Å². The summed E-state index contributed by atoms with van der Waals surface area (Å²) < 4.78 is 1.07. The van der Waals surface area contributed by atoms with Crippen molar-refractivity contribution in [2.24, 2.45) is 0 Å². The zero-order valence-corrected chi connectivity index (χ0v) is 13.1. The number of rotatable bonds is 6. The molecule has 1 N–H and O–H groups in total. The quantitative estimate of drug-likeness (QED) is 0.872. The topological polar surface area (TPSA) is 32.3 Å². The number of amides is 1. The van der Waals surface area contributed by atoms with Crippen LogP contribution < -0.4 is 5.32 Å². The van der Waals surface area contributed by atoms with E-state index in [4.69, 9.17) is 0 Å². The minimum atomic E-state index is 0.190. The van der Waals surface area contributed by atoms with E-state index >= 15 is 0 Å². The average Bonchev–Trinajstić information content (AvgIpc) is 3.22. The molecule has 1 amide bonds. The fourth-order valence-electron chi connectivity index (χ4n) is 2.24. The Morgan fingerprint density at radius 2 is 2.05 bits per heavy atom. The second-order valence-electron chi connectivity index (χ2n) is 5.07. The van der Waals surface area contributed by atoms with Gasteiger partial charge in [0.15, 0.2) is 0 Å². The van der Waals surface area contributed by atoms with Crippen molar-refractivity contribution in [3.63, 3.8) is 0 Å². The second kappa shape index (κ2) is 6.53. The SMILES string of the molecule is CCN(C(=O)CN[C@@H](C)c1ccc(Br)cc1)C1CC1. The summed E-state index contributed by atoms with van der Waals surface area (Å²) in [7, 11) is 0. The Hall–Kier alpha value is -0.870. The third-order valence-electron chi connectivity index (χ3n) is 3.58. The lowest BCUT2D eigenvalue weighted by Crippen LogP contribution is -2.40. The molecule has 1 saturated carbocycles. The number of benzene rings is 1. The summed E-state index contributed by atoms with van der Waals surface area (Å²) in [5.74, 6) is 0.217. The lowest BCUT2D eigenvalue weighted by Gasteiger charge is -2.22. The first-order valence-electron chi connectivity index (χ1n) is 6.90. The molecule has 104 valence electrons. The van der Waals surface area contributed by atoms with Crippen molar-refractivity contribution < 1.29 is 4.79 Å². The molecule has 1 aliphatic rings. The van der Waals surface area contributed by atoms with Crippen molar-refractivity contribution in [2.45, 2.75) is 38.8 Å². The molecule has 0 saturated heterocycles. The maximum Gasteiger partial charge on any atom is 0.236 e. The molecule has 0 aliphatic heterocycles. The fraction of sp³-hybridized carbons (Fsp3) is 0.533. The Balaban J connectivity index is 1.84. The van der Waals surface area contributed by atoms with Gasteiger partial charge in [-0.3, -0.25) is 4.79 Å². The van der Waals surface area contributed by atoms with Crippen molar-refractivity contribution in [3.05, 3.63) is 34.3 Å². The predicted octanol–water partition coefficient (Wildman–Crippen LogP) is 3.11. The monoisotopic (exact) mass is 324 g/mol. The summed E-state index contributed by atoms with van der Waals surface area (Å²) in [5, 5.41) is 3.31. The number of halogens is 1. The van der Waals surface area contributed by atoms with Crippen molar-refractivity contribution >= 4 is 21.8 Å². The first-order valence-corrected chi connectivity index (χ1v) is 7.69. The zero-order valence-electron chi connectivity index (χ0n) is 11.5. The van der Waals surface area contributed by atoms with Gasteiger partial charge < -0.3 is 10.2 Å². The predicted molar refractivity (Wildman–Crippen MR) is 81.0 cm³/mol. The molecule has 4 heteroatoms. The Morgan fingerprint density at radius 3 is 2.58 bits per heavy atom. The van der Waals surface area contributed by atoms with Crippen LogP contribution in [0.2, 0.25) is 0 Å². The van der Waals surface area contributed by atoms with Crippen LogP contribution >= 0.6 is 15.9 Å². The number of nitrogens with zero attached hydrogens (tertiary/aromatic N) is 1. The number of hydrogen-bond acceptors (Lipinski definition) is 2. The highest BCUT2D eigenvalue weighted by atomic mass is 79.9. The van der Waals surface area contributed by atoms with E-state index in [2.05, 4.69) is 40.3 Å². The van der Waals surface area contributed by atoms with E-state index in [1.807, 2.05) is 24.0 Å². The van der Waals surface area contributed by atoms with Gasteiger partial charge in [-0.2, -0.15) is 0 Å². The lowest BCUT2D eigenvalue weighted by molar-refractivity contribution is -0.130. The van der Waals surface area contributed by atoms with E-state index in [-0.39, 0.29) is 11.9 Å². The highest BCUT2D eigenvalue weighted by molar-refractivity contribution is 9.10. The van der Waals surface area contributed by atoms with E-state index in [1.165, 1.54) is 18.4 Å². The molecule has 0 aromatic heterocycles. The molecule has 3 nitrogen and oxygen atoms in total. The van der Waals surface area contributed by atoms with Crippen LogP contribution in [0.15, 0.2) is 28.7 Å². The number of nitrogens with one attached hydrogen (secondary N) is 1. The van der Waals surface area contributed by atoms with Crippen LogP contribution in [0.25, 0.3) is 0 Å². The minimum Gasteiger partial charge on any atom is -0.339 e. The smallest absolute Gasteiger partial charge is 0.236 e. The maximum atomic E-state index is 12.1. The van der Waals surface area contributed by atoms with Gasteiger partial charge in [-0.25, -0.2) is 0 Å². The Morgan fingerprint density at radius 1 is 1.42 bits per heavy atom. The van der Waals surface area contributed by atoms with Crippen LogP contribution in [-0.4, -0.2) is 29.9 Å². The Labute approximate surface area is 123 Å². The first kappa shape index (κ1) is 14.5. The van der Waals surface area contributed by atoms with Gasteiger partial charge >= 0.3 is 0 Å². The molecule has 0 unspecified atom stereocenters. The standard InChI is InChI=1S/C15H21BrN2O/c1-3-18(14-8-9-14)15(19)10-17-11(2)12-4-6-13(16)7-5-12/h4-7,11,14,17H,3,8-10H2,1-2H3/t11-/m0/s1. The molecule has 1 aliphatic carbocycles. The van der Waals surface area contributed by atoms with Crippen LogP contribution in [0.3, 0.4) is 0 Å². The minimum absolute atomic E-state index is 0.190. The van der Waals surface area contributed by atoms with Crippen molar-refractivity contribution in [3.8, 4) is 0 Å². The average molecular weight is 325 g/mol. The fourth-order valence-corrected chi connectivity index (χ4v) is 2.50. The number of hydrogen-bond donors (Lipinski definition) is 1. The van der Waals surface area contributed by atoms with Gasteiger partial charge in [0.05, 0.1) is 6.54 Å². The summed E-state index contributed by atoms with van der Waals surface area (Å²) in [5.41, 5.74) is 1.20. The van der Waals surface area contributed by atoms with Crippen LogP contribution in [0.1, 0.15) is 38.3 Å². The molecule has 19 heavy (non-hydrogen) atoms. The van der Waals surface area contributed by atoms with E-state index < -0.39 is 0 Å². The van der Waals surface area contributed by atoms with E-state index in [1.54, 1.807) is 0 Å².